The van der Waals surface area contributed by atoms with Crippen molar-refractivity contribution in [2.75, 3.05) is 13.1 Å². The third-order valence-electron chi connectivity index (χ3n) is 4.10. The Morgan fingerprint density at radius 1 is 1.45 bits per heavy atom. The SMILES string of the molecule is CC(O)C1CCN(Cc2ccccc2C(=O)NN)CC1. The summed E-state index contributed by atoms with van der Waals surface area (Å²) in [4.78, 5) is 14.1. The van der Waals surface area contributed by atoms with Crippen molar-refractivity contribution >= 4 is 5.91 Å². The Hall–Kier alpha value is -1.43. The standard InChI is InChI=1S/C15H23N3O2/c1-11(19)12-6-8-18(9-7-12)10-13-4-2-3-5-14(13)15(20)17-16/h2-5,11-12,19H,6-10,16H2,1H3,(H,17,20). The second-order valence-electron chi connectivity index (χ2n) is 5.48. The van der Waals surface area contributed by atoms with Crippen LogP contribution in [0.2, 0.25) is 0 Å². The smallest absolute Gasteiger partial charge is 0.265 e. The van der Waals surface area contributed by atoms with Crippen molar-refractivity contribution in [3.8, 4) is 0 Å². The first-order valence-corrected chi connectivity index (χ1v) is 7.11. The van der Waals surface area contributed by atoms with Crippen molar-refractivity contribution in [1.29, 1.82) is 0 Å². The number of carbonyl (C=O) groups excluding carboxylic acids is 1. The minimum atomic E-state index is -0.250. The number of hydrogen-bond donors (Lipinski definition) is 3. The summed E-state index contributed by atoms with van der Waals surface area (Å²) in [5.41, 5.74) is 3.81. The van der Waals surface area contributed by atoms with E-state index < -0.39 is 0 Å². The van der Waals surface area contributed by atoms with Crippen LogP contribution in [0.25, 0.3) is 0 Å². The molecule has 20 heavy (non-hydrogen) atoms. The zero-order valence-corrected chi connectivity index (χ0v) is 11.9. The monoisotopic (exact) mass is 277 g/mol. The van der Waals surface area contributed by atoms with Gasteiger partial charge in [0.2, 0.25) is 0 Å². The Morgan fingerprint density at radius 3 is 2.70 bits per heavy atom. The fourth-order valence-corrected chi connectivity index (χ4v) is 2.79. The Kier molecular flexibility index (Phi) is 5.11. The van der Waals surface area contributed by atoms with E-state index >= 15 is 0 Å². The fraction of sp³-hybridized carbons (Fsp3) is 0.533. The molecular formula is C15H23N3O2. The number of hydrogen-bond acceptors (Lipinski definition) is 4. The van der Waals surface area contributed by atoms with Crippen LogP contribution in [-0.4, -0.2) is 35.1 Å². The van der Waals surface area contributed by atoms with E-state index in [1.807, 2.05) is 25.1 Å². The van der Waals surface area contributed by atoms with Crippen molar-refractivity contribution in [1.82, 2.24) is 10.3 Å². The lowest BCUT2D eigenvalue weighted by molar-refractivity contribution is 0.0694. The van der Waals surface area contributed by atoms with Crippen molar-refractivity contribution in [2.24, 2.45) is 11.8 Å². The summed E-state index contributed by atoms with van der Waals surface area (Å²) < 4.78 is 0. The highest BCUT2D eigenvalue weighted by Gasteiger charge is 2.23. The first-order valence-electron chi connectivity index (χ1n) is 7.11. The van der Waals surface area contributed by atoms with Crippen molar-refractivity contribution in [3.05, 3.63) is 35.4 Å². The average molecular weight is 277 g/mol. The zero-order chi connectivity index (χ0) is 14.5. The number of nitrogens with two attached hydrogens (primary N) is 1. The van der Waals surface area contributed by atoms with Gasteiger partial charge in [-0.05, 0) is 50.4 Å². The number of amides is 1. The van der Waals surface area contributed by atoms with Crippen molar-refractivity contribution in [2.45, 2.75) is 32.4 Å². The molecular weight excluding hydrogens is 254 g/mol. The molecule has 0 spiro atoms. The average Bonchev–Trinajstić information content (AvgIpc) is 2.47. The van der Waals surface area contributed by atoms with Gasteiger partial charge in [-0.2, -0.15) is 0 Å². The molecule has 1 atom stereocenters. The quantitative estimate of drug-likeness (QED) is 0.434. The number of hydrazine groups is 1. The second-order valence-corrected chi connectivity index (χ2v) is 5.48. The van der Waals surface area contributed by atoms with Crippen LogP contribution in [0.4, 0.5) is 0 Å². The van der Waals surface area contributed by atoms with E-state index in [2.05, 4.69) is 10.3 Å². The second kappa shape index (κ2) is 6.83. The predicted octanol–water partition coefficient (Wildman–Crippen LogP) is 0.883. The molecule has 0 radical (unpaired) electrons. The number of nitrogen functional groups attached to an aromatic ring is 1. The van der Waals surface area contributed by atoms with Gasteiger partial charge < -0.3 is 5.11 Å². The van der Waals surface area contributed by atoms with Crippen LogP contribution in [0, 0.1) is 5.92 Å². The minimum absolute atomic E-state index is 0.229. The molecule has 1 aromatic carbocycles. The van der Waals surface area contributed by atoms with Crippen LogP contribution in [0.15, 0.2) is 24.3 Å². The number of piperidine rings is 1. The van der Waals surface area contributed by atoms with Gasteiger partial charge in [-0.1, -0.05) is 18.2 Å². The van der Waals surface area contributed by atoms with Gasteiger partial charge in [0.05, 0.1) is 6.10 Å². The van der Waals surface area contributed by atoms with Crippen molar-refractivity contribution < 1.29 is 9.90 Å². The van der Waals surface area contributed by atoms with E-state index in [4.69, 9.17) is 5.84 Å². The predicted molar refractivity (Wildman–Crippen MR) is 77.8 cm³/mol. The highest BCUT2D eigenvalue weighted by atomic mass is 16.3. The van der Waals surface area contributed by atoms with Gasteiger partial charge in [0, 0.05) is 12.1 Å². The molecule has 0 bridgehead atoms. The van der Waals surface area contributed by atoms with Crippen LogP contribution >= 0.6 is 0 Å². The molecule has 1 aromatic rings. The molecule has 5 nitrogen and oxygen atoms in total. The molecule has 1 heterocycles. The zero-order valence-electron chi connectivity index (χ0n) is 11.9. The molecule has 4 N–H and O–H groups in total. The summed E-state index contributed by atoms with van der Waals surface area (Å²) >= 11 is 0. The number of nitrogens with one attached hydrogen (secondary N) is 1. The number of aliphatic hydroxyl groups excluding tert-OH is 1. The first-order chi connectivity index (χ1) is 9.61. The van der Waals surface area contributed by atoms with Crippen LogP contribution in [0.1, 0.15) is 35.7 Å². The van der Waals surface area contributed by atoms with Gasteiger partial charge in [0.25, 0.3) is 5.91 Å². The largest absolute Gasteiger partial charge is 0.393 e. The van der Waals surface area contributed by atoms with Crippen LogP contribution in [0.5, 0.6) is 0 Å². The summed E-state index contributed by atoms with van der Waals surface area (Å²) in [6.45, 7) is 4.51. The van der Waals surface area contributed by atoms with Gasteiger partial charge in [-0.25, -0.2) is 5.84 Å². The molecule has 1 unspecified atom stereocenters. The highest BCUT2D eigenvalue weighted by Crippen LogP contribution is 2.22. The van der Waals surface area contributed by atoms with Gasteiger partial charge >= 0.3 is 0 Å². The lowest BCUT2D eigenvalue weighted by Gasteiger charge is -2.33. The number of benzene rings is 1. The third kappa shape index (κ3) is 3.56. The Bertz CT molecular complexity index is 454. The number of rotatable bonds is 4. The van der Waals surface area contributed by atoms with Crippen molar-refractivity contribution in [3.63, 3.8) is 0 Å². The summed E-state index contributed by atoms with van der Waals surface area (Å²) in [5.74, 6) is 5.36. The van der Waals surface area contributed by atoms with Crippen LogP contribution in [0.3, 0.4) is 0 Å². The van der Waals surface area contributed by atoms with E-state index in [-0.39, 0.29) is 12.0 Å². The molecule has 2 rings (SSSR count). The molecule has 1 amide bonds. The number of carbonyl (C=O) groups is 1. The molecule has 0 saturated carbocycles. The van der Waals surface area contributed by atoms with Gasteiger partial charge in [0.15, 0.2) is 0 Å². The maximum absolute atomic E-state index is 11.7. The molecule has 1 aliphatic rings. The summed E-state index contributed by atoms with van der Waals surface area (Å²) in [7, 11) is 0. The molecule has 1 aliphatic heterocycles. The summed E-state index contributed by atoms with van der Waals surface area (Å²) in [5, 5.41) is 9.62. The Balaban J connectivity index is 1.99. The number of aliphatic hydroxyl groups is 1. The third-order valence-corrected chi connectivity index (χ3v) is 4.10. The van der Waals surface area contributed by atoms with Crippen LogP contribution < -0.4 is 11.3 Å². The molecule has 0 aromatic heterocycles. The fourth-order valence-electron chi connectivity index (χ4n) is 2.79. The van der Waals surface area contributed by atoms with E-state index in [9.17, 15) is 9.90 Å². The first kappa shape index (κ1) is 15.0. The van der Waals surface area contributed by atoms with Gasteiger partial charge in [-0.15, -0.1) is 0 Å². The number of nitrogens with zero attached hydrogens (tertiary/aromatic N) is 1. The lowest BCUT2D eigenvalue weighted by atomic mass is 9.92. The topological polar surface area (TPSA) is 78.6 Å². The minimum Gasteiger partial charge on any atom is -0.393 e. The maximum atomic E-state index is 11.7. The summed E-state index contributed by atoms with van der Waals surface area (Å²) in [6.07, 6.45) is 1.78. The van der Waals surface area contributed by atoms with Crippen LogP contribution in [-0.2, 0) is 6.54 Å². The van der Waals surface area contributed by atoms with Gasteiger partial charge in [-0.3, -0.25) is 15.1 Å². The molecule has 5 heteroatoms. The van der Waals surface area contributed by atoms with E-state index in [1.165, 1.54) is 0 Å². The van der Waals surface area contributed by atoms with E-state index in [0.717, 1.165) is 38.0 Å². The molecule has 1 saturated heterocycles. The Labute approximate surface area is 119 Å². The lowest BCUT2D eigenvalue weighted by Crippen LogP contribution is -2.37. The molecule has 110 valence electrons. The van der Waals surface area contributed by atoms with E-state index in [0.29, 0.717) is 11.5 Å². The normalized spacial score (nSPS) is 18.8. The molecule has 1 fully saturated rings. The molecule has 0 aliphatic carbocycles. The number of likely N-dealkylation sites (tertiary alicyclic amines) is 1. The maximum Gasteiger partial charge on any atom is 0.265 e. The Morgan fingerprint density at radius 2 is 2.10 bits per heavy atom. The highest BCUT2D eigenvalue weighted by molar-refractivity contribution is 5.95. The van der Waals surface area contributed by atoms with Gasteiger partial charge in [0.1, 0.15) is 0 Å². The summed E-state index contributed by atoms with van der Waals surface area (Å²) in [6, 6.07) is 7.53. The van der Waals surface area contributed by atoms with E-state index in [1.54, 1.807) is 6.07 Å².